The molecule has 0 spiro atoms. The van der Waals surface area contributed by atoms with Crippen LogP contribution in [0.2, 0.25) is 0 Å². The van der Waals surface area contributed by atoms with E-state index in [9.17, 15) is 22.4 Å². The molecule has 4 nitrogen and oxygen atoms in total. The fourth-order valence-corrected chi connectivity index (χ4v) is 1.04. The summed E-state index contributed by atoms with van der Waals surface area (Å²) in [5.74, 6) is -3.29. The third-order valence-electron chi connectivity index (χ3n) is 1.63. The van der Waals surface area contributed by atoms with Crippen molar-refractivity contribution in [2.75, 3.05) is 5.73 Å². The molecule has 0 atom stereocenters. The number of carbonyl (C=O) groups excluding carboxylic acids is 1. The number of amides is 1. The lowest BCUT2D eigenvalue weighted by molar-refractivity contribution is -0.274. The molecule has 88 valence electrons. The molecule has 1 amide bonds. The standard InChI is InChI=1S/C8H6F4N2O2/c9-3-1-2-4(16-8(10,11)12)5(6(3)13)7(14)15/h1-2H,13H2,(H2,14,15). The van der Waals surface area contributed by atoms with E-state index in [1.165, 1.54) is 0 Å². The number of alkyl halides is 3. The van der Waals surface area contributed by atoms with Gasteiger partial charge >= 0.3 is 6.36 Å². The number of primary amides is 1. The SMILES string of the molecule is NC(=O)c1c(OC(F)(F)F)ccc(F)c1N. The van der Waals surface area contributed by atoms with E-state index in [2.05, 4.69) is 4.74 Å². The number of halogens is 4. The first-order chi connectivity index (χ1) is 7.22. The quantitative estimate of drug-likeness (QED) is 0.603. The summed E-state index contributed by atoms with van der Waals surface area (Å²) < 4.78 is 52.1. The van der Waals surface area contributed by atoms with Gasteiger partial charge in [0.15, 0.2) is 0 Å². The molecule has 1 aromatic carbocycles. The van der Waals surface area contributed by atoms with Gasteiger partial charge in [-0.25, -0.2) is 4.39 Å². The van der Waals surface area contributed by atoms with Crippen LogP contribution in [0.25, 0.3) is 0 Å². The Morgan fingerprint density at radius 2 is 1.88 bits per heavy atom. The van der Waals surface area contributed by atoms with Crippen molar-refractivity contribution in [3.05, 3.63) is 23.5 Å². The third kappa shape index (κ3) is 2.53. The van der Waals surface area contributed by atoms with Crippen molar-refractivity contribution in [3.8, 4) is 5.75 Å². The van der Waals surface area contributed by atoms with Crippen molar-refractivity contribution in [1.82, 2.24) is 0 Å². The second-order valence-electron chi connectivity index (χ2n) is 2.75. The second-order valence-corrected chi connectivity index (χ2v) is 2.75. The van der Waals surface area contributed by atoms with E-state index in [0.717, 1.165) is 0 Å². The molecule has 0 bridgehead atoms. The van der Waals surface area contributed by atoms with Crippen LogP contribution in [0.3, 0.4) is 0 Å². The van der Waals surface area contributed by atoms with Crippen molar-refractivity contribution in [1.29, 1.82) is 0 Å². The van der Waals surface area contributed by atoms with Crippen LogP contribution in [-0.2, 0) is 0 Å². The van der Waals surface area contributed by atoms with Crippen LogP contribution in [-0.4, -0.2) is 12.3 Å². The number of ether oxygens (including phenoxy) is 1. The van der Waals surface area contributed by atoms with Crippen LogP contribution >= 0.6 is 0 Å². The summed E-state index contributed by atoms with van der Waals surface area (Å²) >= 11 is 0. The summed E-state index contributed by atoms with van der Waals surface area (Å²) in [5, 5.41) is 0. The fourth-order valence-electron chi connectivity index (χ4n) is 1.04. The monoisotopic (exact) mass is 238 g/mol. The number of nitrogen functional groups attached to an aromatic ring is 1. The van der Waals surface area contributed by atoms with Gasteiger partial charge in [-0.05, 0) is 12.1 Å². The topological polar surface area (TPSA) is 78.3 Å². The van der Waals surface area contributed by atoms with Crippen molar-refractivity contribution in [2.24, 2.45) is 5.73 Å². The lowest BCUT2D eigenvalue weighted by Gasteiger charge is -2.13. The molecular weight excluding hydrogens is 232 g/mol. The van der Waals surface area contributed by atoms with E-state index in [-0.39, 0.29) is 0 Å². The minimum atomic E-state index is -5.02. The van der Waals surface area contributed by atoms with Crippen LogP contribution in [0.4, 0.5) is 23.2 Å². The first-order valence-electron chi connectivity index (χ1n) is 3.86. The molecule has 1 aromatic rings. The van der Waals surface area contributed by atoms with Gasteiger partial charge in [0.25, 0.3) is 5.91 Å². The van der Waals surface area contributed by atoms with E-state index in [4.69, 9.17) is 11.5 Å². The van der Waals surface area contributed by atoms with Crippen LogP contribution in [0.1, 0.15) is 10.4 Å². The van der Waals surface area contributed by atoms with Crippen molar-refractivity contribution >= 4 is 11.6 Å². The molecule has 0 aromatic heterocycles. The average molecular weight is 238 g/mol. The summed E-state index contributed by atoms with van der Waals surface area (Å²) in [6, 6.07) is 1.27. The number of hydrogen-bond donors (Lipinski definition) is 2. The summed E-state index contributed by atoms with van der Waals surface area (Å²) in [4.78, 5) is 10.8. The molecule has 0 heterocycles. The van der Waals surface area contributed by atoms with E-state index >= 15 is 0 Å². The molecule has 0 aliphatic carbocycles. The largest absolute Gasteiger partial charge is 0.573 e. The molecule has 0 saturated heterocycles. The zero-order chi connectivity index (χ0) is 12.5. The lowest BCUT2D eigenvalue weighted by atomic mass is 10.1. The van der Waals surface area contributed by atoms with E-state index in [1.807, 2.05) is 0 Å². The lowest BCUT2D eigenvalue weighted by Crippen LogP contribution is -2.22. The summed E-state index contributed by atoms with van der Waals surface area (Å²) in [5.41, 5.74) is 8.23. The predicted octanol–water partition coefficient (Wildman–Crippen LogP) is 1.41. The number of nitrogens with two attached hydrogens (primary N) is 2. The highest BCUT2D eigenvalue weighted by molar-refractivity contribution is 6.00. The second kappa shape index (κ2) is 3.87. The maximum absolute atomic E-state index is 12.9. The summed E-state index contributed by atoms with van der Waals surface area (Å²) in [6.45, 7) is 0. The zero-order valence-corrected chi connectivity index (χ0v) is 7.64. The Kier molecular flexibility index (Phi) is 2.92. The van der Waals surface area contributed by atoms with Crippen LogP contribution < -0.4 is 16.2 Å². The Balaban J connectivity index is 3.29. The smallest absolute Gasteiger partial charge is 0.405 e. The van der Waals surface area contributed by atoms with Gasteiger partial charge in [-0.1, -0.05) is 0 Å². The highest BCUT2D eigenvalue weighted by Crippen LogP contribution is 2.31. The van der Waals surface area contributed by atoms with Crippen LogP contribution in [0, 0.1) is 5.82 Å². The normalized spacial score (nSPS) is 11.2. The summed E-state index contributed by atoms with van der Waals surface area (Å²) in [7, 11) is 0. The molecule has 1 rings (SSSR count). The Hall–Kier alpha value is -1.99. The number of benzene rings is 1. The fraction of sp³-hybridized carbons (Fsp3) is 0.125. The average Bonchev–Trinajstić information content (AvgIpc) is 2.08. The summed E-state index contributed by atoms with van der Waals surface area (Å²) in [6.07, 6.45) is -5.02. The Morgan fingerprint density at radius 3 is 2.31 bits per heavy atom. The molecule has 0 radical (unpaired) electrons. The van der Waals surface area contributed by atoms with Gasteiger partial charge in [0.2, 0.25) is 0 Å². The minimum Gasteiger partial charge on any atom is -0.405 e. The molecule has 0 aliphatic heterocycles. The molecule has 0 aliphatic rings. The molecular formula is C8H6F4N2O2. The molecule has 0 saturated carbocycles. The molecule has 4 N–H and O–H groups in total. The Morgan fingerprint density at radius 1 is 1.31 bits per heavy atom. The van der Waals surface area contributed by atoms with Gasteiger partial charge in [0.05, 0.1) is 5.69 Å². The Labute approximate surface area is 86.8 Å². The maximum atomic E-state index is 12.9. The predicted molar refractivity (Wildman–Crippen MR) is 46.0 cm³/mol. The first-order valence-corrected chi connectivity index (χ1v) is 3.86. The van der Waals surface area contributed by atoms with Gasteiger partial charge in [0.1, 0.15) is 17.1 Å². The van der Waals surface area contributed by atoms with Crippen molar-refractivity contribution in [2.45, 2.75) is 6.36 Å². The number of rotatable bonds is 2. The molecule has 0 fully saturated rings. The molecule has 0 unspecified atom stereocenters. The highest BCUT2D eigenvalue weighted by atomic mass is 19.4. The van der Waals surface area contributed by atoms with E-state index < -0.39 is 35.1 Å². The van der Waals surface area contributed by atoms with Gasteiger partial charge in [-0.3, -0.25) is 4.79 Å². The van der Waals surface area contributed by atoms with Gasteiger partial charge in [-0.2, -0.15) is 0 Å². The van der Waals surface area contributed by atoms with Gasteiger partial charge < -0.3 is 16.2 Å². The minimum absolute atomic E-state index is 0.624. The van der Waals surface area contributed by atoms with Crippen LogP contribution in [0.15, 0.2) is 12.1 Å². The van der Waals surface area contributed by atoms with Crippen molar-refractivity contribution in [3.63, 3.8) is 0 Å². The molecule has 16 heavy (non-hydrogen) atoms. The van der Waals surface area contributed by atoms with Gasteiger partial charge in [-0.15, -0.1) is 13.2 Å². The zero-order valence-electron chi connectivity index (χ0n) is 7.64. The Bertz CT molecular complexity index is 431. The maximum Gasteiger partial charge on any atom is 0.573 e. The number of anilines is 1. The van der Waals surface area contributed by atoms with Crippen molar-refractivity contribution < 1.29 is 27.1 Å². The highest BCUT2D eigenvalue weighted by Gasteiger charge is 2.33. The van der Waals surface area contributed by atoms with Gasteiger partial charge in [0, 0.05) is 0 Å². The third-order valence-corrected chi connectivity index (χ3v) is 1.63. The van der Waals surface area contributed by atoms with E-state index in [0.29, 0.717) is 12.1 Å². The number of hydrogen-bond acceptors (Lipinski definition) is 3. The first kappa shape index (κ1) is 12.1. The van der Waals surface area contributed by atoms with E-state index in [1.54, 1.807) is 0 Å². The molecule has 8 heteroatoms. The number of carbonyl (C=O) groups is 1. The van der Waals surface area contributed by atoms with Crippen LogP contribution in [0.5, 0.6) is 5.75 Å².